The lowest BCUT2D eigenvalue weighted by atomic mass is 9.75. The van der Waals surface area contributed by atoms with E-state index in [4.69, 9.17) is 37.9 Å². The molecule has 0 radical (unpaired) electrons. The van der Waals surface area contributed by atoms with E-state index in [9.17, 15) is 0 Å². The number of nitrogens with zero attached hydrogens (tertiary/aromatic N) is 1. The molecular formula is C53H46Br2N2O8. The Balaban J connectivity index is 0.000000119. The van der Waals surface area contributed by atoms with Gasteiger partial charge < -0.3 is 43.2 Å². The third-order valence-electron chi connectivity index (χ3n) is 12.1. The summed E-state index contributed by atoms with van der Waals surface area (Å²) in [7, 11) is 0. The van der Waals surface area contributed by atoms with Crippen molar-refractivity contribution in [3.05, 3.63) is 202 Å². The van der Waals surface area contributed by atoms with Gasteiger partial charge in [-0.05, 0) is 98.6 Å². The molecule has 0 unspecified atom stereocenters. The molecule has 65 heavy (non-hydrogen) atoms. The van der Waals surface area contributed by atoms with Crippen molar-refractivity contribution in [1.29, 1.82) is 0 Å². The molecule has 13 rings (SSSR count). The molecule has 0 amide bonds. The standard InChI is InChI=1S/C28H23NO2.C9H8Br2O2.C9H9NO2.C7H6O2/c1-4-10-23(11-5-1)28(24-12-6-2-7-13-24,25-14-8-3-9-15-25)29-18-21-16-26-27(31-20-30-26)17-22(21)19-29;10-3-6-1-8-9(13-5-12-8)2-7(6)4-11;1-6-3-10-4-7(6)2-9-8(1)11-5-12-9;1-2-4-7-6(3-1)8-5-9-7/h1-17H,18-20H2;1-2H,3-5H2;1-2,10H,3-5H2;1-4H,5H2. The number of halogens is 2. The smallest absolute Gasteiger partial charge is 0.231 e. The Bertz CT molecular complexity index is 2520. The van der Waals surface area contributed by atoms with Gasteiger partial charge in [-0.3, -0.25) is 4.90 Å². The van der Waals surface area contributed by atoms with Crippen LogP contribution in [-0.2, 0) is 42.4 Å². The summed E-state index contributed by atoms with van der Waals surface area (Å²) in [6.07, 6.45) is 0. The first-order chi connectivity index (χ1) is 32.1. The summed E-state index contributed by atoms with van der Waals surface area (Å²) in [6.45, 7) is 4.95. The van der Waals surface area contributed by atoms with Crippen LogP contribution < -0.4 is 43.2 Å². The van der Waals surface area contributed by atoms with Gasteiger partial charge in [0.2, 0.25) is 27.2 Å². The van der Waals surface area contributed by atoms with Crippen LogP contribution >= 0.6 is 31.9 Å². The van der Waals surface area contributed by atoms with E-state index in [1.54, 1.807) is 0 Å². The second kappa shape index (κ2) is 19.5. The Morgan fingerprint density at radius 3 is 1.05 bits per heavy atom. The monoisotopic (exact) mass is 996 g/mol. The van der Waals surface area contributed by atoms with Crippen molar-refractivity contribution in [2.45, 2.75) is 42.4 Å². The number of fused-ring (bicyclic) bond motifs is 6. The van der Waals surface area contributed by atoms with Gasteiger partial charge in [0.1, 0.15) is 0 Å². The molecule has 0 saturated carbocycles. The highest BCUT2D eigenvalue weighted by atomic mass is 79.9. The molecule has 7 aromatic rings. The van der Waals surface area contributed by atoms with Crippen LogP contribution in [0.25, 0.3) is 0 Å². The van der Waals surface area contributed by atoms with Gasteiger partial charge in [0, 0.05) is 36.8 Å². The zero-order chi connectivity index (χ0) is 44.0. The molecule has 1 N–H and O–H groups in total. The molecule has 0 spiro atoms. The van der Waals surface area contributed by atoms with E-state index in [2.05, 4.69) is 157 Å². The number of benzene rings is 7. The van der Waals surface area contributed by atoms with Gasteiger partial charge in [-0.15, -0.1) is 0 Å². The molecular weight excluding hydrogens is 952 g/mol. The summed E-state index contributed by atoms with van der Waals surface area (Å²) in [4.78, 5) is 2.58. The first-order valence-electron chi connectivity index (χ1n) is 21.4. The summed E-state index contributed by atoms with van der Waals surface area (Å²) in [5.74, 6) is 6.86. The van der Waals surface area contributed by atoms with Crippen LogP contribution in [0.3, 0.4) is 0 Å². The summed E-state index contributed by atoms with van der Waals surface area (Å²) >= 11 is 6.88. The maximum Gasteiger partial charge on any atom is 0.231 e. The Hall–Kier alpha value is -6.18. The van der Waals surface area contributed by atoms with Gasteiger partial charge in [-0.1, -0.05) is 135 Å². The predicted molar refractivity (Wildman–Crippen MR) is 255 cm³/mol. The van der Waals surface area contributed by atoms with Crippen LogP contribution in [-0.4, -0.2) is 32.1 Å². The minimum Gasteiger partial charge on any atom is -0.454 e. The second-order valence-electron chi connectivity index (χ2n) is 15.8. The number of nitrogens with one attached hydrogen (secondary N) is 1. The molecule has 330 valence electrons. The lowest BCUT2D eigenvalue weighted by Crippen LogP contribution is -2.45. The molecule has 0 atom stereocenters. The summed E-state index contributed by atoms with van der Waals surface area (Å²) in [5.41, 5.74) is 11.1. The first kappa shape index (κ1) is 42.8. The highest BCUT2D eigenvalue weighted by molar-refractivity contribution is 9.09. The molecule has 10 nitrogen and oxygen atoms in total. The first-order valence-corrected chi connectivity index (χ1v) is 23.7. The quantitative estimate of drug-likeness (QED) is 0.128. The van der Waals surface area contributed by atoms with E-state index in [0.29, 0.717) is 27.2 Å². The Labute approximate surface area is 395 Å². The highest BCUT2D eigenvalue weighted by Gasteiger charge is 2.44. The van der Waals surface area contributed by atoms with Crippen molar-refractivity contribution >= 4 is 31.9 Å². The fourth-order valence-electron chi connectivity index (χ4n) is 8.92. The third-order valence-corrected chi connectivity index (χ3v) is 13.3. The molecule has 6 heterocycles. The SMILES string of the molecule is BrCc1cc2c(cc1CBr)OCO2.c1c2c(cc3c1OCO3)CNC2.c1ccc(C(c2ccccc2)(c2ccccc2)N2Cc3cc4c(cc3C2)OCO4)cc1.c1ccc2c(c1)OCO2. The van der Waals surface area contributed by atoms with E-state index in [1.165, 1.54) is 50.1 Å². The van der Waals surface area contributed by atoms with Gasteiger partial charge in [-0.25, -0.2) is 0 Å². The minimum atomic E-state index is -0.408. The lowest BCUT2D eigenvalue weighted by Gasteiger charge is -2.43. The minimum absolute atomic E-state index is 0.309. The molecule has 0 aromatic heterocycles. The van der Waals surface area contributed by atoms with Crippen molar-refractivity contribution in [3.63, 3.8) is 0 Å². The number of para-hydroxylation sites is 2. The summed E-state index contributed by atoms with van der Waals surface area (Å²) < 4.78 is 42.6. The van der Waals surface area contributed by atoms with Gasteiger partial charge in [0.25, 0.3) is 0 Å². The maximum absolute atomic E-state index is 5.66. The molecule has 0 fully saturated rings. The van der Waals surface area contributed by atoms with Crippen LogP contribution in [0.4, 0.5) is 0 Å². The fraction of sp³-hybridized carbons (Fsp3) is 0.208. The average Bonchev–Trinajstić information content (AvgIpc) is 4.24. The molecule has 0 bridgehead atoms. The number of rotatable bonds is 6. The number of alkyl halides is 2. The average molecular weight is 999 g/mol. The van der Waals surface area contributed by atoms with Crippen LogP contribution in [0.1, 0.15) is 50.1 Å². The van der Waals surface area contributed by atoms with Gasteiger partial charge >= 0.3 is 0 Å². The topological polar surface area (TPSA) is 89.1 Å². The molecule has 0 aliphatic carbocycles. The lowest BCUT2D eigenvalue weighted by molar-refractivity contribution is 0.156. The van der Waals surface area contributed by atoms with E-state index < -0.39 is 5.54 Å². The Morgan fingerprint density at radius 1 is 0.385 bits per heavy atom. The van der Waals surface area contributed by atoms with Gasteiger partial charge in [-0.2, -0.15) is 0 Å². The number of hydrogen-bond acceptors (Lipinski definition) is 10. The van der Waals surface area contributed by atoms with Crippen molar-refractivity contribution in [2.75, 3.05) is 27.2 Å². The van der Waals surface area contributed by atoms with E-state index in [0.717, 1.165) is 82.8 Å². The fourth-order valence-corrected chi connectivity index (χ4v) is 9.96. The normalized spacial score (nSPS) is 15.1. The molecule has 0 saturated heterocycles. The predicted octanol–water partition coefficient (Wildman–Crippen LogP) is 11.4. The number of hydrogen-bond donors (Lipinski definition) is 1. The van der Waals surface area contributed by atoms with Crippen molar-refractivity contribution in [3.8, 4) is 46.0 Å². The molecule has 7 aromatic carbocycles. The van der Waals surface area contributed by atoms with Crippen molar-refractivity contribution in [1.82, 2.24) is 10.2 Å². The Morgan fingerprint density at radius 2 is 0.692 bits per heavy atom. The van der Waals surface area contributed by atoms with Gasteiger partial charge in [0.05, 0.1) is 5.54 Å². The van der Waals surface area contributed by atoms with Crippen LogP contribution in [0.15, 0.2) is 152 Å². The van der Waals surface area contributed by atoms with Crippen LogP contribution in [0.2, 0.25) is 0 Å². The number of ether oxygens (including phenoxy) is 8. The second-order valence-corrected chi connectivity index (χ2v) is 16.9. The Kier molecular flexibility index (Phi) is 12.8. The van der Waals surface area contributed by atoms with Crippen LogP contribution in [0.5, 0.6) is 46.0 Å². The van der Waals surface area contributed by atoms with Crippen molar-refractivity contribution < 1.29 is 37.9 Å². The van der Waals surface area contributed by atoms with E-state index in [-0.39, 0.29) is 0 Å². The summed E-state index contributed by atoms with van der Waals surface area (Å²) in [6, 6.07) is 52.7. The molecule has 6 aliphatic rings. The zero-order valence-corrected chi connectivity index (χ0v) is 38.6. The maximum atomic E-state index is 5.66. The van der Waals surface area contributed by atoms with Gasteiger partial charge in [0.15, 0.2) is 46.0 Å². The highest BCUT2D eigenvalue weighted by Crippen LogP contribution is 2.48. The third kappa shape index (κ3) is 8.83. The molecule has 6 aliphatic heterocycles. The van der Waals surface area contributed by atoms with E-state index in [1.807, 2.05) is 36.4 Å². The molecule has 12 heteroatoms. The zero-order valence-electron chi connectivity index (χ0n) is 35.5. The van der Waals surface area contributed by atoms with Crippen molar-refractivity contribution in [2.24, 2.45) is 0 Å². The van der Waals surface area contributed by atoms with Crippen LogP contribution in [0, 0.1) is 0 Å². The van der Waals surface area contributed by atoms with E-state index >= 15 is 0 Å². The largest absolute Gasteiger partial charge is 0.454 e. The summed E-state index contributed by atoms with van der Waals surface area (Å²) in [5, 5.41) is 4.95.